The molecule has 0 spiro atoms. The van der Waals surface area contributed by atoms with Crippen LogP contribution in [0.25, 0.3) is 0 Å². The van der Waals surface area contributed by atoms with Crippen molar-refractivity contribution in [1.82, 2.24) is 105 Å². The summed E-state index contributed by atoms with van der Waals surface area (Å²) in [5.41, 5.74) is 8.44. The largest absolute Gasteiger partial charge is 0.252 e. The summed E-state index contributed by atoms with van der Waals surface area (Å²) in [6.45, 7) is 70.2. The van der Waals surface area contributed by atoms with E-state index in [4.69, 9.17) is 0 Å². The molecular formula is C92H177N21. The molecule has 0 bridgehead atoms. The molecule has 0 saturated heterocycles. The van der Waals surface area contributed by atoms with Gasteiger partial charge in [0.15, 0.2) is 0 Å². The zero-order valence-corrected chi connectivity index (χ0v) is 78.5. The van der Waals surface area contributed by atoms with E-state index in [-0.39, 0.29) is 0 Å². The molecule has 0 aliphatic rings. The van der Waals surface area contributed by atoms with Crippen LogP contribution in [0.3, 0.4) is 0 Å². The minimum absolute atomic E-state index is 0.634. The van der Waals surface area contributed by atoms with E-state index in [0.29, 0.717) is 5.92 Å². The van der Waals surface area contributed by atoms with Crippen LogP contribution in [0.15, 0.2) is 43.4 Å². The number of hydrogen-bond donors (Lipinski definition) is 0. The van der Waals surface area contributed by atoms with Gasteiger partial charge in [-0.2, -0.15) is 0 Å². The van der Waals surface area contributed by atoms with Gasteiger partial charge in [-0.1, -0.05) is 275 Å². The van der Waals surface area contributed by atoms with Crippen LogP contribution >= 0.6 is 0 Å². The summed E-state index contributed by atoms with van der Waals surface area (Å²) in [5.74, 6) is 10.6. The van der Waals surface area contributed by atoms with Crippen LogP contribution in [0.4, 0.5) is 0 Å². The number of rotatable bonds is 50. The highest BCUT2D eigenvalue weighted by Gasteiger charge is 2.12. The highest BCUT2D eigenvalue weighted by Crippen LogP contribution is 2.18. The second kappa shape index (κ2) is 64.1. The zero-order valence-electron chi connectivity index (χ0n) is 78.5. The fourth-order valence-corrected chi connectivity index (χ4v) is 12.1. The maximum atomic E-state index is 4.20. The minimum Gasteiger partial charge on any atom is -0.252 e. The Hall–Kier alpha value is -6.02. The van der Waals surface area contributed by atoms with E-state index in [1.807, 2.05) is 37.3 Å². The van der Waals surface area contributed by atoms with E-state index in [1.54, 1.807) is 0 Å². The first kappa shape index (κ1) is 105. The number of nitrogens with zero attached hydrogens (tertiary/aromatic N) is 21. The fourth-order valence-electron chi connectivity index (χ4n) is 12.1. The van der Waals surface area contributed by atoms with Crippen LogP contribution < -0.4 is 0 Å². The second-order valence-corrected chi connectivity index (χ2v) is 38.4. The minimum atomic E-state index is 0.634. The summed E-state index contributed by atoms with van der Waals surface area (Å²) in [5, 5.41) is 57.9. The predicted molar refractivity (Wildman–Crippen MR) is 475 cm³/mol. The second-order valence-electron chi connectivity index (χ2n) is 38.4. The molecule has 650 valence electrons. The highest BCUT2D eigenvalue weighted by atomic mass is 15.5. The molecule has 0 amide bonds. The van der Waals surface area contributed by atoms with Gasteiger partial charge in [-0.15, -0.1) is 35.7 Å². The van der Waals surface area contributed by atoms with Gasteiger partial charge in [0.2, 0.25) is 0 Å². The van der Waals surface area contributed by atoms with Gasteiger partial charge in [-0.3, -0.25) is 18.7 Å². The van der Waals surface area contributed by atoms with Crippen molar-refractivity contribution < 1.29 is 0 Å². The molecule has 0 aromatic carbocycles. The predicted octanol–water partition coefficient (Wildman–Crippen LogP) is 23.5. The van der Waals surface area contributed by atoms with Gasteiger partial charge in [0.05, 0.1) is 58.4 Å². The molecule has 7 aromatic rings. The Labute approximate surface area is 693 Å². The molecule has 7 aromatic heterocycles. The summed E-state index contributed by atoms with van der Waals surface area (Å²) in [4.78, 5) is 0. The molecule has 7 heterocycles. The quantitative estimate of drug-likeness (QED) is 0.0324. The number of aryl methyl sites for hydroxylation is 13. The molecule has 7 rings (SSSR count). The van der Waals surface area contributed by atoms with Crippen LogP contribution in [0.2, 0.25) is 0 Å². The molecule has 0 saturated carbocycles. The van der Waals surface area contributed by atoms with Gasteiger partial charge in [0, 0.05) is 70.6 Å². The Morgan fingerprint density at radius 2 is 0.451 bits per heavy atom. The van der Waals surface area contributed by atoms with Gasteiger partial charge >= 0.3 is 0 Å². The van der Waals surface area contributed by atoms with Crippen molar-refractivity contribution in [3.63, 3.8) is 0 Å². The van der Waals surface area contributed by atoms with Crippen molar-refractivity contribution in [3.05, 3.63) is 83.2 Å². The molecule has 0 fully saturated rings. The van der Waals surface area contributed by atoms with Crippen LogP contribution in [-0.4, -0.2) is 105 Å². The van der Waals surface area contributed by atoms with E-state index < -0.39 is 0 Å². The zero-order chi connectivity index (χ0) is 84.5. The Morgan fingerprint density at radius 3 is 0.779 bits per heavy atom. The summed E-state index contributed by atoms with van der Waals surface area (Å²) >= 11 is 0. The molecule has 0 aliphatic heterocycles. The SMILES string of the molecule is CC(C)CCCCn1nncc1CCC(C)C.CC(C)CCCCn1nncc1CCCC(C)C.CC(C)CCCc1cn(CC(C)C)nn1.CC(C)CCCc1cn(CCC(C)C)nn1.CC(C)CCCn1cc(CCC(C)C)nn1.CC(C)CCCn1nncc1CCC(C)C.CC(C)CCc1cn(CCC(C)C)nn1. The van der Waals surface area contributed by atoms with Crippen LogP contribution in [0.1, 0.15) is 375 Å². The maximum absolute atomic E-state index is 4.20. The van der Waals surface area contributed by atoms with Crippen molar-refractivity contribution in [2.45, 2.75) is 426 Å². The van der Waals surface area contributed by atoms with Gasteiger partial charge in [-0.25, -0.2) is 14.0 Å². The third-order valence-electron chi connectivity index (χ3n) is 19.5. The van der Waals surface area contributed by atoms with E-state index in [1.165, 1.54) is 158 Å². The Kier molecular flexibility index (Phi) is 59.6. The molecule has 0 aliphatic carbocycles. The van der Waals surface area contributed by atoms with Crippen molar-refractivity contribution in [1.29, 1.82) is 0 Å². The molecule has 21 nitrogen and oxygen atoms in total. The lowest BCUT2D eigenvalue weighted by Gasteiger charge is -2.08. The Morgan fingerprint density at radius 1 is 0.204 bits per heavy atom. The molecule has 0 unspecified atom stereocenters. The van der Waals surface area contributed by atoms with Crippen LogP contribution in [-0.2, 0) is 90.8 Å². The number of unbranched alkanes of at least 4 members (excludes halogenated alkanes) is 2. The maximum Gasteiger partial charge on any atom is 0.0827 e. The molecule has 0 N–H and O–H groups in total. The molecule has 0 radical (unpaired) electrons. The standard InChI is InChI=1S/C15H29N3.C14H27N3.3C13H25N3.2C12H23N3/c1-13(2)8-5-6-11-18-15(12-16-17-18)10-7-9-14(3)4;1-12(2)7-5-6-10-17-14(11-15-16-17)9-8-13(3)4;1-11(2)6-5-9-16-10-13(14-15-16)8-7-12(3)4;1-11(2)6-5-9-16-13(10-14-15-16)8-7-12(3)4;1-11(2)6-5-7-13-10-16(15-14-13)9-8-12(3)4;1-10(2)5-6-12-9-15(14-13-12)8-7-11(3)4;1-10(2)6-5-7-12-9-15(14-13-12)8-11(3)4/h12-14H,5-11H2,1-4H3;11-13H,5-10H2,1-4H3;3*10-12H,5-9H2,1-4H3;2*9-11H,5-8H2,1-4H3. The van der Waals surface area contributed by atoms with E-state index >= 15 is 0 Å². The van der Waals surface area contributed by atoms with E-state index in [0.717, 1.165) is 190 Å². The summed E-state index contributed by atoms with van der Waals surface area (Å²) in [6.07, 6.45) is 49.0. The Balaban J connectivity index is 0.000000660. The number of aromatic nitrogens is 21. The molecular weight excluding hydrogens is 1400 g/mol. The van der Waals surface area contributed by atoms with E-state index in [2.05, 4.69) is 305 Å². The average Bonchev–Trinajstić information content (AvgIpc) is 1.78. The van der Waals surface area contributed by atoms with Crippen molar-refractivity contribution in [2.24, 2.45) is 82.9 Å². The molecule has 0 atom stereocenters. The average molecular weight is 1580 g/mol. The van der Waals surface area contributed by atoms with Crippen LogP contribution in [0, 0.1) is 82.9 Å². The van der Waals surface area contributed by atoms with Gasteiger partial charge in [0.1, 0.15) is 0 Å². The van der Waals surface area contributed by atoms with Crippen molar-refractivity contribution in [2.75, 3.05) is 0 Å². The number of hydrogen-bond acceptors (Lipinski definition) is 14. The first-order chi connectivity index (χ1) is 53.6. The topological polar surface area (TPSA) is 215 Å². The monoisotopic (exact) mass is 1580 g/mol. The van der Waals surface area contributed by atoms with Crippen molar-refractivity contribution in [3.8, 4) is 0 Å². The smallest absolute Gasteiger partial charge is 0.0827 e. The summed E-state index contributed by atoms with van der Waals surface area (Å²) in [7, 11) is 0. The first-order valence-electron chi connectivity index (χ1n) is 45.8. The Bertz CT molecular complexity index is 3140. The van der Waals surface area contributed by atoms with E-state index in [9.17, 15) is 0 Å². The van der Waals surface area contributed by atoms with Crippen LogP contribution in [0.5, 0.6) is 0 Å². The normalized spacial score (nSPS) is 11.6. The summed E-state index contributed by atoms with van der Waals surface area (Å²) < 4.78 is 14.1. The van der Waals surface area contributed by atoms with Gasteiger partial charge in [0.25, 0.3) is 0 Å². The molecule has 21 heteroatoms. The first-order valence-corrected chi connectivity index (χ1v) is 45.8. The highest BCUT2D eigenvalue weighted by molar-refractivity contribution is 4.98. The lowest BCUT2D eigenvalue weighted by atomic mass is 10.1. The summed E-state index contributed by atoms with van der Waals surface area (Å²) in [6, 6.07) is 0. The van der Waals surface area contributed by atoms with Crippen molar-refractivity contribution >= 4 is 0 Å². The third-order valence-corrected chi connectivity index (χ3v) is 19.5. The fraction of sp³-hybridized carbons (Fsp3) is 0.848. The molecule has 113 heavy (non-hydrogen) atoms. The van der Waals surface area contributed by atoms with Gasteiger partial charge < -0.3 is 0 Å². The lowest BCUT2D eigenvalue weighted by molar-refractivity contribution is 0.465. The van der Waals surface area contributed by atoms with Gasteiger partial charge in [-0.05, 0) is 224 Å². The third kappa shape index (κ3) is 60.2. The lowest BCUT2D eigenvalue weighted by Crippen LogP contribution is -2.07.